The molecule has 2 heterocycles. The van der Waals surface area contributed by atoms with Gasteiger partial charge in [0, 0.05) is 30.9 Å². The largest absolute Gasteiger partial charge is 0.339 e. The van der Waals surface area contributed by atoms with Gasteiger partial charge in [-0.1, -0.05) is 37.3 Å². The quantitative estimate of drug-likeness (QED) is 0.785. The molecular weight excluding hydrogens is 296 g/mol. The van der Waals surface area contributed by atoms with Gasteiger partial charge in [-0.2, -0.15) is 0 Å². The standard InChI is InChI=1S/C21H24N2O/c1-2-17-8-12-20(22-16-17)19-10-6-18(7-11-19)9-13-21(24)23-14-4-3-5-15-23/h6-13,16H,2-5,14-15H2,1H3/b13-9+. The lowest BCUT2D eigenvalue weighted by atomic mass is 10.1. The molecule has 0 unspecified atom stereocenters. The van der Waals surface area contributed by atoms with E-state index < -0.39 is 0 Å². The maximum absolute atomic E-state index is 12.1. The van der Waals surface area contributed by atoms with Crippen molar-refractivity contribution in [2.24, 2.45) is 0 Å². The van der Waals surface area contributed by atoms with Crippen LogP contribution in [0.25, 0.3) is 17.3 Å². The first kappa shape index (κ1) is 16.4. The van der Waals surface area contributed by atoms with Crippen molar-refractivity contribution in [2.75, 3.05) is 13.1 Å². The summed E-state index contributed by atoms with van der Waals surface area (Å²) in [7, 11) is 0. The van der Waals surface area contributed by atoms with Crippen LogP contribution in [0.4, 0.5) is 0 Å². The molecule has 24 heavy (non-hydrogen) atoms. The molecule has 3 nitrogen and oxygen atoms in total. The van der Waals surface area contributed by atoms with E-state index in [1.807, 2.05) is 29.3 Å². The van der Waals surface area contributed by atoms with Crippen LogP contribution in [0.3, 0.4) is 0 Å². The van der Waals surface area contributed by atoms with Crippen LogP contribution < -0.4 is 0 Å². The van der Waals surface area contributed by atoms with Crippen molar-refractivity contribution < 1.29 is 4.79 Å². The van der Waals surface area contributed by atoms with Crippen molar-refractivity contribution in [1.82, 2.24) is 9.88 Å². The number of pyridine rings is 1. The molecule has 1 fully saturated rings. The van der Waals surface area contributed by atoms with Gasteiger partial charge in [-0.05, 0) is 49.0 Å². The summed E-state index contributed by atoms with van der Waals surface area (Å²) in [5.74, 6) is 0.121. The number of likely N-dealkylation sites (tertiary alicyclic amines) is 1. The molecule has 3 rings (SSSR count). The van der Waals surface area contributed by atoms with Crippen LogP contribution in [0.15, 0.2) is 48.7 Å². The first-order chi connectivity index (χ1) is 11.8. The smallest absolute Gasteiger partial charge is 0.246 e. The van der Waals surface area contributed by atoms with Crippen molar-refractivity contribution in [3.8, 4) is 11.3 Å². The van der Waals surface area contributed by atoms with Crippen LogP contribution in [0.2, 0.25) is 0 Å². The van der Waals surface area contributed by atoms with E-state index in [-0.39, 0.29) is 5.91 Å². The summed E-state index contributed by atoms with van der Waals surface area (Å²) in [5.41, 5.74) is 4.35. The molecule has 1 amide bonds. The first-order valence-corrected chi connectivity index (χ1v) is 8.78. The summed E-state index contributed by atoms with van der Waals surface area (Å²) in [6.07, 6.45) is 10.0. The summed E-state index contributed by atoms with van der Waals surface area (Å²) >= 11 is 0. The summed E-state index contributed by atoms with van der Waals surface area (Å²) in [6.45, 7) is 3.91. The summed E-state index contributed by atoms with van der Waals surface area (Å²) < 4.78 is 0. The zero-order valence-corrected chi connectivity index (χ0v) is 14.2. The Hall–Kier alpha value is -2.42. The van der Waals surface area contributed by atoms with Crippen LogP contribution in [0, 0.1) is 0 Å². The van der Waals surface area contributed by atoms with Gasteiger partial charge in [0.05, 0.1) is 5.69 Å². The van der Waals surface area contributed by atoms with E-state index in [4.69, 9.17) is 0 Å². The predicted octanol–water partition coefficient (Wildman–Crippen LogP) is 4.34. The van der Waals surface area contributed by atoms with Gasteiger partial charge in [0.15, 0.2) is 0 Å². The molecule has 0 saturated carbocycles. The van der Waals surface area contributed by atoms with Crippen LogP contribution >= 0.6 is 0 Å². The average Bonchev–Trinajstić information content (AvgIpc) is 2.67. The fourth-order valence-electron chi connectivity index (χ4n) is 2.96. The Morgan fingerprint density at radius 1 is 1.08 bits per heavy atom. The summed E-state index contributed by atoms with van der Waals surface area (Å²) in [5, 5.41) is 0. The summed E-state index contributed by atoms with van der Waals surface area (Å²) in [6, 6.07) is 12.4. The number of carbonyl (C=O) groups excluding carboxylic acids is 1. The molecule has 0 atom stereocenters. The van der Waals surface area contributed by atoms with Gasteiger partial charge in [-0.3, -0.25) is 9.78 Å². The molecule has 2 aromatic rings. The second-order valence-corrected chi connectivity index (χ2v) is 6.25. The highest BCUT2D eigenvalue weighted by atomic mass is 16.2. The van der Waals surface area contributed by atoms with Crippen molar-refractivity contribution in [3.63, 3.8) is 0 Å². The zero-order valence-electron chi connectivity index (χ0n) is 14.2. The molecule has 1 saturated heterocycles. The number of hydrogen-bond donors (Lipinski definition) is 0. The maximum atomic E-state index is 12.1. The van der Waals surface area contributed by atoms with Gasteiger partial charge in [0.2, 0.25) is 5.91 Å². The lowest BCUT2D eigenvalue weighted by Crippen LogP contribution is -2.34. The molecule has 124 valence electrons. The van der Waals surface area contributed by atoms with Crippen LogP contribution in [0.1, 0.15) is 37.3 Å². The van der Waals surface area contributed by atoms with Gasteiger partial charge in [-0.25, -0.2) is 0 Å². The SMILES string of the molecule is CCc1ccc(-c2ccc(/C=C/C(=O)N3CCCCC3)cc2)nc1. The Morgan fingerprint density at radius 2 is 1.83 bits per heavy atom. The van der Waals surface area contributed by atoms with Gasteiger partial charge < -0.3 is 4.90 Å². The van der Waals surface area contributed by atoms with Crippen molar-refractivity contribution in [1.29, 1.82) is 0 Å². The lowest BCUT2D eigenvalue weighted by molar-refractivity contribution is -0.126. The molecular formula is C21H24N2O. The number of rotatable bonds is 4. The highest BCUT2D eigenvalue weighted by Gasteiger charge is 2.13. The third-order valence-corrected chi connectivity index (χ3v) is 4.53. The number of nitrogens with zero attached hydrogens (tertiary/aromatic N) is 2. The minimum absolute atomic E-state index is 0.121. The minimum atomic E-state index is 0.121. The molecule has 1 aliphatic rings. The normalized spacial score (nSPS) is 15.0. The number of hydrogen-bond acceptors (Lipinski definition) is 2. The van der Waals surface area contributed by atoms with Gasteiger partial charge in [-0.15, -0.1) is 0 Å². The van der Waals surface area contributed by atoms with E-state index in [0.717, 1.165) is 49.2 Å². The van der Waals surface area contributed by atoms with E-state index in [9.17, 15) is 4.79 Å². The Morgan fingerprint density at radius 3 is 2.46 bits per heavy atom. The maximum Gasteiger partial charge on any atom is 0.246 e. The second-order valence-electron chi connectivity index (χ2n) is 6.25. The monoisotopic (exact) mass is 320 g/mol. The molecule has 0 radical (unpaired) electrons. The second kappa shape index (κ2) is 7.91. The highest BCUT2D eigenvalue weighted by molar-refractivity contribution is 5.91. The van der Waals surface area contributed by atoms with E-state index in [2.05, 4.69) is 36.2 Å². The van der Waals surface area contributed by atoms with E-state index in [1.165, 1.54) is 12.0 Å². The third kappa shape index (κ3) is 4.10. The number of benzene rings is 1. The van der Waals surface area contributed by atoms with Crippen LogP contribution in [-0.2, 0) is 11.2 Å². The van der Waals surface area contributed by atoms with Gasteiger partial charge in [0.1, 0.15) is 0 Å². The first-order valence-electron chi connectivity index (χ1n) is 8.78. The molecule has 0 N–H and O–H groups in total. The fourth-order valence-corrected chi connectivity index (χ4v) is 2.96. The predicted molar refractivity (Wildman–Crippen MR) is 98.5 cm³/mol. The number of amides is 1. The van der Waals surface area contributed by atoms with Gasteiger partial charge >= 0.3 is 0 Å². The fraction of sp³-hybridized carbons (Fsp3) is 0.333. The van der Waals surface area contributed by atoms with Crippen molar-refractivity contribution >= 4 is 12.0 Å². The molecule has 0 bridgehead atoms. The minimum Gasteiger partial charge on any atom is -0.339 e. The van der Waals surface area contributed by atoms with Gasteiger partial charge in [0.25, 0.3) is 0 Å². The third-order valence-electron chi connectivity index (χ3n) is 4.53. The average molecular weight is 320 g/mol. The molecule has 1 aromatic carbocycles. The van der Waals surface area contributed by atoms with E-state index in [0.29, 0.717) is 0 Å². The number of piperidine rings is 1. The number of aromatic nitrogens is 1. The van der Waals surface area contributed by atoms with Crippen molar-refractivity contribution in [3.05, 3.63) is 59.8 Å². The molecule has 3 heteroatoms. The number of carbonyl (C=O) groups is 1. The zero-order chi connectivity index (χ0) is 16.8. The van der Waals surface area contributed by atoms with Crippen LogP contribution in [-0.4, -0.2) is 28.9 Å². The Kier molecular flexibility index (Phi) is 5.42. The topological polar surface area (TPSA) is 33.2 Å². The number of aryl methyl sites for hydroxylation is 1. The Balaban J connectivity index is 1.65. The highest BCUT2D eigenvalue weighted by Crippen LogP contribution is 2.18. The lowest BCUT2D eigenvalue weighted by Gasteiger charge is -2.25. The summed E-state index contributed by atoms with van der Waals surface area (Å²) in [4.78, 5) is 18.6. The van der Waals surface area contributed by atoms with Crippen LogP contribution in [0.5, 0.6) is 0 Å². The van der Waals surface area contributed by atoms with E-state index >= 15 is 0 Å². The van der Waals surface area contributed by atoms with Crippen molar-refractivity contribution in [2.45, 2.75) is 32.6 Å². The molecule has 0 aliphatic carbocycles. The molecule has 0 spiro atoms. The molecule has 1 aromatic heterocycles. The Bertz CT molecular complexity index is 696. The molecule has 1 aliphatic heterocycles. The Labute approximate surface area is 144 Å². The van der Waals surface area contributed by atoms with E-state index in [1.54, 1.807) is 6.08 Å².